The summed E-state index contributed by atoms with van der Waals surface area (Å²) in [5.74, 6) is 0. The summed E-state index contributed by atoms with van der Waals surface area (Å²) in [7, 11) is 4.36. The number of hydrogen-bond donors (Lipinski definition) is 0. The first kappa shape index (κ1) is 21.2. The first-order valence-electron chi connectivity index (χ1n) is 8.07. The predicted octanol–water partition coefficient (Wildman–Crippen LogP) is 4.36. The van der Waals surface area contributed by atoms with Gasteiger partial charge in [-0.1, -0.05) is 48.5 Å². The summed E-state index contributed by atoms with van der Waals surface area (Å²) in [5.41, 5.74) is 0.836. The van der Waals surface area contributed by atoms with E-state index in [0.717, 1.165) is 0 Å². The summed E-state index contributed by atoms with van der Waals surface area (Å²) < 4.78 is 0. The van der Waals surface area contributed by atoms with Gasteiger partial charge >= 0.3 is 0 Å². The summed E-state index contributed by atoms with van der Waals surface area (Å²) in [5, 5.41) is 0. The Morgan fingerprint density at radius 2 is 1.37 bits per heavy atom. The van der Waals surface area contributed by atoms with Crippen LogP contribution in [0.4, 0.5) is 0 Å². The quantitative estimate of drug-likeness (QED) is 0.753. The molecule has 1 unspecified atom stereocenters. The third-order valence-corrected chi connectivity index (χ3v) is 4.18. The van der Waals surface area contributed by atoms with Crippen LogP contribution in [0.25, 0.3) is 0 Å². The minimum atomic E-state index is 0.417. The van der Waals surface area contributed by atoms with E-state index in [0.29, 0.717) is 16.9 Å². The fourth-order valence-electron chi connectivity index (χ4n) is 2.74. The van der Waals surface area contributed by atoms with E-state index in [4.69, 9.17) is 0 Å². The summed E-state index contributed by atoms with van der Waals surface area (Å²) >= 11 is 0. The van der Waals surface area contributed by atoms with Crippen molar-refractivity contribution in [1.29, 1.82) is 0 Å². The Hall–Kier alpha value is -0.0800. The third-order valence-electron chi connectivity index (χ3n) is 4.18. The van der Waals surface area contributed by atoms with Crippen LogP contribution in [0.1, 0.15) is 62.3 Å². The van der Waals surface area contributed by atoms with Crippen LogP contribution in [-0.2, 0) is 0 Å². The largest absolute Gasteiger partial charge is 0.309 e. The van der Waals surface area contributed by atoms with Gasteiger partial charge in [0.2, 0.25) is 0 Å². The zero-order valence-corrected chi connectivity index (χ0v) is 15.6. The van der Waals surface area contributed by atoms with Crippen LogP contribution in [0, 0.1) is 10.8 Å². The fraction of sp³-hybridized carbons (Fsp3) is 1.00. The van der Waals surface area contributed by atoms with Crippen LogP contribution in [0.2, 0.25) is 0 Å². The summed E-state index contributed by atoms with van der Waals surface area (Å²) in [6.07, 6.45) is 0. The molecule has 1 saturated heterocycles. The topological polar surface area (TPSA) is 6.48 Å². The highest BCUT2D eigenvalue weighted by atomic mass is 15.2. The molecule has 0 spiro atoms. The van der Waals surface area contributed by atoms with E-state index in [1.807, 2.05) is 27.7 Å². The van der Waals surface area contributed by atoms with Crippen molar-refractivity contribution in [3.8, 4) is 0 Å². The Kier molecular flexibility index (Phi) is 10.0. The average molecular weight is 273 g/mol. The minimum Gasteiger partial charge on any atom is -0.309 e. The number of hydrogen-bond acceptors (Lipinski definition) is 2. The highest BCUT2D eigenvalue weighted by Gasteiger charge is 2.49. The molecule has 0 aromatic heterocycles. The highest BCUT2D eigenvalue weighted by Crippen LogP contribution is 2.46. The number of likely N-dealkylation sites (tertiary alicyclic amines) is 1. The van der Waals surface area contributed by atoms with Crippen molar-refractivity contribution in [3.63, 3.8) is 0 Å². The molecule has 0 aliphatic carbocycles. The maximum atomic E-state index is 2.61. The van der Waals surface area contributed by atoms with E-state index in [9.17, 15) is 0 Å². The second-order valence-electron chi connectivity index (χ2n) is 6.68. The molecule has 0 aromatic carbocycles. The van der Waals surface area contributed by atoms with Crippen LogP contribution in [0.5, 0.6) is 0 Å². The molecule has 118 valence electrons. The zero-order chi connectivity index (χ0) is 15.9. The lowest BCUT2D eigenvalue weighted by Crippen LogP contribution is -2.42. The molecule has 1 atom stereocenters. The van der Waals surface area contributed by atoms with Gasteiger partial charge in [-0.25, -0.2) is 0 Å². The van der Waals surface area contributed by atoms with Crippen LogP contribution >= 0.6 is 0 Å². The van der Waals surface area contributed by atoms with Crippen molar-refractivity contribution in [2.75, 3.05) is 33.7 Å². The third kappa shape index (κ3) is 5.83. The van der Waals surface area contributed by atoms with Gasteiger partial charge in [-0.15, -0.1) is 0 Å². The minimum absolute atomic E-state index is 0.417. The van der Waals surface area contributed by atoms with Gasteiger partial charge in [-0.2, -0.15) is 0 Å². The second-order valence-corrected chi connectivity index (χ2v) is 6.68. The molecule has 19 heavy (non-hydrogen) atoms. The van der Waals surface area contributed by atoms with Gasteiger partial charge in [0, 0.05) is 25.7 Å². The maximum Gasteiger partial charge on any atom is 0.00561 e. The van der Waals surface area contributed by atoms with Crippen molar-refractivity contribution in [2.24, 2.45) is 10.8 Å². The van der Waals surface area contributed by atoms with Crippen molar-refractivity contribution >= 4 is 0 Å². The lowest BCUT2D eigenvalue weighted by Gasteiger charge is -2.39. The molecule has 0 aromatic rings. The molecule has 1 aliphatic heterocycles. The molecule has 1 aliphatic rings. The van der Waals surface area contributed by atoms with E-state index in [1.165, 1.54) is 19.6 Å². The monoisotopic (exact) mass is 272 g/mol. The molecular weight excluding hydrogens is 232 g/mol. The lowest BCUT2D eigenvalue weighted by atomic mass is 9.69. The Balaban J connectivity index is 0. The number of rotatable bonds is 3. The molecule has 2 heteroatoms. The smallest absolute Gasteiger partial charge is 0.00561 e. The normalized spacial score (nSPS) is 25.7. The first-order valence-corrected chi connectivity index (χ1v) is 8.07. The summed E-state index contributed by atoms with van der Waals surface area (Å²) in [6, 6.07) is 0.674. The predicted molar refractivity (Wildman–Crippen MR) is 89.8 cm³/mol. The van der Waals surface area contributed by atoms with Crippen LogP contribution in [-0.4, -0.2) is 49.6 Å². The Morgan fingerprint density at radius 1 is 0.947 bits per heavy atom. The van der Waals surface area contributed by atoms with Crippen LogP contribution in [0.15, 0.2) is 0 Å². The van der Waals surface area contributed by atoms with Gasteiger partial charge < -0.3 is 4.90 Å². The molecule has 0 saturated carbocycles. The van der Waals surface area contributed by atoms with Gasteiger partial charge in [0.1, 0.15) is 0 Å². The second kappa shape index (κ2) is 8.97. The van der Waals surface area contributed by atoms with Crippen molar-refractivity contribution in [3.05, 3.63) is 0 Å². The first-order chi connectivity index (χ1) is 8.68. The van der Waals surface area contributed by atoms with Gasteiger partial charge in [-0.3, -0.25) is 4.90 Å². The van der Waals surface area contributed by atoms with Crippen LogP contribution in [0.3, 0.4) is 0 Å². The lowest BCUT2D eigenvalue weighted by molar-refractivity contribution is 0.112. The molecular formula is C17H40N2. The molecule has 1 heterocycles. The van der Waals surface area contributed by atoms with Crippen molar-refractivity contribution in [1.82, 2.24) is 9.80 Å². The summed E-state index contributed by atoms with van der Waals surface area (Å²) in [4.78, 5) is 4.94. The van der Waals surface area contributed by atoms with E-state index >= 15 is 0 Å². The van der Waals surface area contributed by atoms with E-state index in [1.54, 1.807) is 0 Å². The van der Waals surface area contributed by atoms with Gasteiger partial charge in [-0.05, 0) is 38.8 Å². The van der Waals surface area contributed by atoms with Gasteiger partial charge in [0.15, 0.2) is 0 Å². The van der Waals surface area contributed by atoms with E-state index < -0.39 is 0 Å². The van der Waals surface area contributed by atoms with Gasteiger partial charge in [0.25, 0.3) is 0 Å². The van der Waals surface area contributed by atoms with Crippen molar-refractivity contribution < 1.29 is 0 Å². The van der Waals surface area contributed by atoms with E-state index in [2.05, 4.69) is 58.5 Å². The highest BCUT2D eigenvalue weighted by molar-refractivity contribution is 5.01. The molecule has 0 bridgehead atoms. The molecule has 0 N–H and O–H groups in total. The zero-order valence-electron chi connectivity index (χ0n) is 15.6. The fourth-order valence-corrected chi connectivity index (χ4v) is 2.74. The van der Waals surface area contributed by atoms with E-state index in [-0.39, 0.29) is 0 Å². The van der Waals surface area contributed by atoms with Crippen LogP contribution < -0.4 is 0 Å². The Bertz CT molecular complexity index is 221. The Morgan fingerprint density at radius 3 is 1.63 bits per heavy atom. The molecule has 1 rings (SSSR count). The molecule has 0 radical (unpaired) electrons. The maximum absolute atomic E-state index is 2.61. The molecule has 0 amide bonds. The Labute approximate surface area is 123 Å². The van der Waals surface area contributed by atoms with Gasteiger partial charge in [0.05, 0.1) is 0 Å². The average Bonchev–Trinajstić information content (AvgIpc) is 2.54. The summed E-state index contributed by atoms with van der Waals surface area (Å²) in [6.45, 7) is 23.5. The molecule has 2 nitrogen and oxygen atoms in total. The standard InChI is InChI=1S/C13H28N2.2C2H6/c1-11(2)15-8-12(3,4)13(5,10-15)9-14(6)7;2*1-2/h11H,8-10H2,1-7H3;2*1-2H3. The van der Waals surface area contributed by atoms with Crippen molar-refractivity contribution in [2.45, 2.75) is 68.4 Å². The SMILES string of the molecule is CC.CC.CC(C)N1CC(C)(C)C(C)(CN(C)C)C1. The number of nitrogens with zero attached hydrogens (tertiary/aromatic N) is 2. The molecule has 1 fully saturated rings.